The van der Waals surface area contributed by atoms with Gasteiger partial charge in [-0.3, -0.25) is 9.69 Å². The molecule has 0 bridgehead atoms. The monoisotopic (exact) mass is 355 g/mol. The van der Waals surface area contributed by atoms with Gasteiger partial charge in [-0.25, -0.2) is 4.98 Å². The maximum Gasteiger partial charge on any atom is 0.273 e. The van der Waals surface area contributed by atoms with Crippen molar-refractivity contribution in [2.45, 2.75) is 72.1 Å². The lowest BCUT2D eigenvalue weighted by Gasteiger charge is -2.28. The fraction of sp³-hybridized carbons (Fsp3) is 0.524. The zero-order valence-corrected chi connectivity index (χ0v) is 16.2. The fourth-order valence-electron chi connectivity index (χ4n) is 2.96. The summed E-state index contributed by atoms with van der Waals surface area (Å²) in [5.74, 6) is 0.462. The molecule has 2 aromatic rings. The van der Waals surface area contributed by atoms with Gasteiger partial charge < -0.3 is 9.73 Å². The number of aromatic nitrogens is 1. The summed E-state index contributed by atoms with van der Waals surface area (Å²) in [5, 5.41) is 2.95. The minimum Gasteiger partial charge on any atom is -0.447 e. The molecule has 5 heteroatoms. The van der Waals surface area contributed by atoms with Crippen molar-refractivity contribution in [1.82, 2.24) is 15.2 Å². The van der Waals surface area contributed by atoms with Gasteiger partial charge in [-0.1, -0.05) is 30.7 Å². The van der Waals surface area contributed by atoms with Crippen LogP contribution in [-0.4, -0.2) is 27.9 Å². The normalized spacial score (nSPS) is 15.3. The second-order valence-electron chi connectivity index (χ2n) is 7.47. The van der Waals surface area contributed by atoms with E-state index in [1.165, 1.54) is 23.0 Å². The average Bonchev–Trinajstić information content (AvgIpc) is 3.31. The molecule has 0 saturated heterocycles. The van der Waals surface area contributed by atoms with E-state index in [-0.39, 0.29) is 5.91 Å². The molecule has 5 nitrogen and oxygen atoms in total. The molecule has 140 valence electrons. The van der Waals surface area contributed by atoms with Crippen molar-refractivity contribution in [2.75, 3.05) is 0 Å². The van der Waals surface area contributed by atoms with E-state index in [1.807, 2.05) is 0 Å². The van der Waals surface area contributed by atoms with Crippen LogP contribution >= 0.6 is 0 Å². The number of benzene rings is 1. The number of oxazole rings is 1. The topological polar surface area (TPSA) is 58.4 Å². The van der Waals surface area contributed by atoms with Gasteiger partial charge in [0.2, 0.25) is 5.89 Å². The van der Waals surface area contributed by atoms with Gasteiger partial charge in [0.15, 0.2) is 5.69 Å². The number of nitrogens with one attached hydrogen (secondary N) is 1. The van der Waals surface area contributed by atoms with Crippen LogP contribution in [0.4, 0.5) is 0 Å². The maximum absolute atomic E-state index is 12.1. The highest BCUT2D eigenvalue weighted by Gasteiger charge is 2.25. The summed E-state index contributed by atoms with van der Waals surface area (Å²) < 4.78 is 5.59. The van der Waals surface area contributed by atoms with Gasteiger partial charge in [0, 0.05) is 18.6 Å². The summed E-state index contributed by atoms with van der Waals surface area (Å²) in [5.41, 5.74) is 4.26. The predicted octanol–water partition coefficient (Wildman–Crippen LogP) is 3.98. The van der Waals surface area contributed by atoms with Crippen LogP contribution in [0, 0.1) is 13.8 Å². The molecular formula is C21H29N3O2. The third-order valence-corrected chi connectivity index (χ3v) is 5.13. The van der Waals surface area contributed by atoms with E-state index in [9.17, 15) is 4.79 Å². The molecule has 0 aliphatic heterocycles. The number of carbonyl (C=O) groups is 1. The second-order valence-corrected chi connectivity index (χ2v) is 7.47. The van der Waals surface area contributed by atoms with Crippen LogP contribution in [0.2, 0.25) is 0 Å². The van der Waals surface area contributed by atoms with Crippen molar-refractivity contribution in [2.24, 2.45) is 0 Å². The first kappa shape index (κ1) is 18.6. The number of nitrogens with zero attached hydrogens (tertiary/aromatic N) is 2. The van der Waals surface area contributed by atoms with Crippen molar-refractivity contribution in [3.05, 3.63) is 52.7 Å². The highest BCUT2D eigenvalue weighted by Crippen LogP contribution is 2.20. The standard InChI is InChI=1S/C21H29N3O2/c1-5-16(4)24(11-17-10-14(2)6-7-15(17)3)12-20-23-19(13-26-20)21(25)22-18-8-9-18/h6-7,10,13,16,18H,5,8-9,11-12H2,1-4H3,(H,22,25). The molecule has 1 aromatic heterocycles. The van der Waals surface area contributed by atoms with Crippen LogP contribution in [-0.2, 0) is 13.1 Å². The summed E-state index contributed by atoms with van der Waals surface area (Å²) in [7, 11) is 0. The minimum absolute atomic E-state index is 0.132. The Labute approximate surface area is 155 Å². The number of hydrogen-bond acceptors (Lipinski definition) is 4. The molecule has 0 radical (unpaired) electrons. The number of aryl methyl sites for hydroxylation is 2. The molecule has 1 aliphatic carbocycles. The summed E-state index contributed by atoms with van der Waals surface area (Å²) in [6, 6.07) is 7.28. The molecule has 3 rings (SSSR count). The molecule has 1 atom stereocenters. The van der Waals surface area contributed by atoms with Crippen molar-refractivity contribution in [3.63, 3.8) is 0 Å². The van der Waals surface area contributed by atoms with Gasteiger partial charge in [0.1, 0.15) is 6.26 Å². The molecule has 1 heterocycles. The Morgan fingerprint density at radius 2 is 2.12 bits per heavy atom. The number of hydrogen-bond donors (Lipinski definition) is 1. The van der Waals surface area contributed by atoms with Crippen LogP contribution in [0.15, 0.2) is 28.9 Å². The van der Waals surface area contributed by atoms with Crippen LogP contribution in [0.3, 0.4) is 0 Å². The molecule has 1 fully saturated rings. The zero-order valence-electron chi connectivity index (χ0n) is 16.2. The third kappa shape index (κ3) is 4.73. The molecule has 1 amide bonds. The van der Waals surface area contributed by atoms with Crippen molar-refractivity contribution >= 4 is 5.91 Å². The Kier molecular flexibility index (Phi) is 5.77. The average molecular weight is 355 g/mol. The summed E-state index contributed by atoms with van der Waals surface area (Å²) in [6.45, 7) is 10.1. The van der Waals surface area contributed by atoms with Crippen LogP contribution in [0.1, 0.15) is 66.2 Å². The zero-order chi connectivity index (χ0) is 18.7. The Hall–Kier alpha value is -2.14. The molecule has 1 N–H and O–H groups in total. The van der Waals surface area contributed by atoms with Crippen LogP contribution < -0.4 is 5.32 Å². The Morgan fingerprint density at radius 3 is 2.81 bits per heavy atom. The van der Waals surface area contributed by atoms with E-state index < -0.39 is 0 Å². The molecular weight excluding hydrogens is 326 g/mol. The minimum atomic E-state index is -0.132. The second kappa shape index (κ2) is 8.04. The van der Waals surface area contributed by atoms with E-state index >= 15 is 0 Å². The van der Waals surface area contributed by atoms with E-state index in [1.54, 1.807) is 0 Å². The largest absolute Gasteiger partial charge is 0.447 e. The molecule has 1 aromatic carbocycles. The Balaban J connectivity index is 1.71. The number of carbonyl (C=O) groups excluding carboxylic acids is 1. The summed E-state index contributed by atoms with van der Waals surface area (Å²) in [4.78, 5) is 18.9. The van der Waals surface area contributed by atoms with E-state index in [2.05, 4.69) is 61.1 Å². The van der Waals surface area contributed by atoms with Gasteiger partial charge >= 0.3 is 0 Å². The van der Waals surface area contributed by atoms with Crippen molar-refractivity contribution < 1.29 is 9.21 Å². The third-order valence-electron chi connectivity index (χ3n) is 5.13. The molecule has 26 heavy (non-hydrogen) atoms. The molecule has 1 unspecified atom stereocenters. The van der Waals surface area contributed by atoms with E-state index in [4.69, 9.17) is 4.42 Å². The first-order valence-electron chi connectivity index (χ1n) is 9.51. The van der Waals surface area contributed by atoms with Gasteiger partial charge in [0.05, 0.1) is 6.54 Å². The quantitative estimate of drug-likeness (QED) is 0.778. The molecule has 0 spiro atoms. The predicted molar refractivity (Wildman–Crippen MR) is 102 cm³/mol. The smallest absolute Gasteiger partial charge is 0.273 e. The fourth-order valence-corrected chi connectivity index (χ4v) is 2.96. The van der Waals surface area contributed by atoms with Crippen LogP contribution in [0.5, 0.6) is 0 Å². The van der Waals surface area contributed by atoms with Crippen LogP contribution in [0.25, 0.3) is 0 Å². The van der Waals surface area contributed by atoms with E-state index in [0.29, 0.717) is 30.2 Å². The lowest BCUT2D eigenvalue weighted by molar-refractivity contribution is 0.0946. The number of rotatable bonds is 8. The van der Waals surface area contributed by atoms with Gasteiger partial charge in [0.25, 0.3) is 5.91 Å². The van der Waals surface area contributed by atoms with Gasteiger partial charge in [-0.15, -0.1) is 0 Å². The van der Waals surface area contributed by atoms with E-state index in [0.717, 1.165) is 25.8 Å². The van der Waals surface area contributed by atoms with Crippen molar-refractivity contribution in [3.8, 4) is 0 Å². The Morgan fingerprint density at radius 1 is 1.35 bits per heavy atom. The highest BCUT2D eigenvalue weighted by molar-refractivity contribution is 5.92. The lowest BCUT2D eigenvalue weighted by Crippen LogP contribution is -2.32. The summed E-state index contributed by atoms with van der Waals surface area (Å²) >= 11 is 0. The first-order chi connectivity index (χ1) is 12.5. The highest BCUT2D eigenvalue weighted by atomic mass is 16.3. The van der Waals surface area contributed by atoms with Gasteiger partial charge in [-0.05, 0) is 51.2 Å². The molecule has 1 aliphatic rings. The lowest BCUT2D eigenvalue weighted by atomic mass is 10.0. The molecule has 1 saturated carbocycles. The van der Waals surface area contributed by atoms with Crippen molar-refractivity contribution in [1.29, 1.82) is 0 Å². The first-order valence-corrected chi connectivity index (χ1v) is 9.51. The number of amides is 1. The maximum atomic E-state index is 12.1. The Bertz CT molecular complexity index is 764. The van der Waals surface area contributed by atoms with Gasteiger partial charge in [-0.2, -0.15) is 0 Å². The summed E-state index contributed by atoms with van der Waals surface area (Å²) in [6.07, 6.45) is 4.64. The SMILES string of the molecule is CCC(C)N(Cc1nc(C(=O)NC2CC2)co1)Cc1cc(C)ccc1C.